The highest BCUT2D eigenvalue weighted by Crippen LogP contribution is 2.36. The molecule has 4 atom stereocenters. The summed E-state index contributed by atoms with van der Waals surface area (Å²) in [5, 5.41) is 0. The number of carbonyl (C=O) groups excluding carboxylic acids is 9. The molecule has 0 saturated carbocycles. The van der Waals surface area contributed by atoms with Crippen molar-refractivity contribution in [1.29, 1.82) is 0 Å². The Morgan fingerprint density at radius 1 is 0.495 bits per heavy atom. The second kappa shape index (κ2) is 38.4. The van der Waals surface area contributed by atoms with E-state index in [9.17, 15) is 43.2 Å². The van der Waals surface area contributed by atoms with Crippen LogP contribution in [0.2, 0.25) is 0 Å². The number of benzene rings is 4. The number of ketones is 9. The number of Topliss-reactive ketones (excluding diaryl/α,β-unsaturated/α-hetero) is 9. The molecule has 4 aromatic rings. The van der Waals surface area contributed by atoms with Crippen molar-refractivity contribution in [2.75, 3.05) is 47.6 Å². The maximum atomic E-state index is 14.7. The highest BCUT2D eigenvalue weighted by Gasteiger charge is 2.31. The van der Waals surface area contributed by atoms with Gasteiger partial charge in [0, 0.05) is 59.7 Å². The van der Waals surface area contributed by atoms with E-state index >= 15 is 0 Å². The van der Waals surface area contributed by atoms with Crippen molar-refractivity contribution in [2.45, 2.75) is 136 Å². The molecule has 4 unspecified atom stereocenters. The zero-order chi connectivity index (χ0) is 67.3. The predicted molar refractivity (Wildman–Crippen MR) is 360 cm³/mol. The van der Waals surface area contributed by atoms with Gasteiger partial charge in [-0.1, -0.05) is 95.7 Å². The van der Waals surface area contributed by atoms with Crippen molar-refractivity contribution in [2.24, 2.45) is 40.9 Å². The molecule has 0 aliphatic rings. The van der Waals surface area contributed by atoms with Gasteiger partial charge in [0.15, 0.2) is 46.3 Å². The number of methoxy groups -OCH3 is 3. The normalized spacial score (nSPS) is 12.3. The Labute approximate surface area is 538 Å². The van der Waals surface area contributed by atoms with Crippen molar-refractivity contribution < 1.29 is 62.1 Å². The zero-order valence-electron chi connectivity index (χ0n) is 54.4. The number of allylic oxidation sites excluding steroid dienone is 5. The maximum Gasteiger partial charge on any atom is 0.192 e. The Balaban J connectivity index is 1.59. The third-order valence-corrected chi connectivity index (χ3v) is 16.6. The van der Waals surface area contributed by atoms with Crippen LogP contribution >= 0.6 is 0 Å². The summed E-state index contributed by atoms with van der Waals surface area (Å²) in [6.07, 6.45) is 9.10. The summed E-state index contributed by atoms with van der Waals surface area (Å²) in [6.45, 7) is 26.2. The van der Waals surface area contributed by atoms with E-state index in [-0.39, 0.29) is 136 Å². The summed E-state index contributed by atoms with van der Waals surface area (Å²) in [5.74, 6) is -4.42. The van der Waals surface area contributed by atoms with Crippen LogP contribution in [0.15, 0.2) is 117 Å². The lowest BCUT2D eigenvalue weighted by Crippen LogP contribution is -2.21. The predicted octanol–water partition coefficient (Wildman–Crippen LogP) is 13.1. The van der Waals surface area contributed by atoms with Gasteiger partial charge < -0.3 is 36.1 Å². The first-order chi connectivity index (χ1) is 43.5. The van der Waals surface area contributed by atoms with Gasteiger partial charge in [0.2, 0.25) is 0 Å². The van der Waals surface area contributed by atoms with E-state index in [1.54, 1.807) is 66.7 Å². The number of ether oxygens (including phenoxy) is 4. The summed E-state index contributed by atoms with van der Waals surface area (Å²) in [6, 6.07) is 19.3. The van der Waals surface area contributed by atoms with E-state index in [1.807, 2.05) is 0 Å². The Morgan fingerprint density at radius 3 is 1.43 bits per heavy atom. The lowest BCUT2D eigenvalue weighted by atomic mass is 9.83. The Kier molecular flexibility index (Phi) is 31.7. The number of rotatable bonds is 47. The monoisotopic (exact) mass is 1250 g/mol. The van der Waals surface area contributed by atoms with E-state index < -0.39 is 35.1 Å². The first-order valence-corrected chi connectivity index (χ1v) is 31.6. The van der Waals surface area contributed by atoms with Crippen LogP contribution < -0.4 is 36.1 Å². The Hall–Kier alpha value is -8.31. The van der Waals surface area contributed by atoms with Gasteiger partial charge in [-0.15, -0.1) is 6.58 Å². The fraction of sp³-hybridized carbons (Fsp3) is 0.427. The van der Waals surface area contributed by atoms with Crippen LogP contribution in [0.25, 0.3) is 16.7 Å². The smallest absolute Gasteiger partial charge is 0.192 e. The van der Waals surface area contributed by atoms with Crippen LogP contribution in [-0.4, -0.2) is 99.6 Å². The van der Waals surface area contributed by atoms with Crippen molar-refractivity contribution in [3.05, 3.63) is 162 Å². The maximum absolute atomic E-state index is 14.7. The minimum atomic E-state index is -0.862. The molecule has 4 rings (SSSR count). The molecule has 0 bridgehead atoms. The molecule has 0 saturated heterocycles. The van der Waals surface area contributed by atoms with Crippen molar-refractivity contribution in [1.82, 2.24) is 0 Å². The summed E-state index contributed by atoms with van der Waals surface area (Å²) < 4.78 is 22.5. The van der Waals surface area contributed by atoms with Crippen LogP contribution in [-0.2, 0) is 30.4 Å². The average Bonchev–Trinajstić information content (AvgIpc) is 1.17. The Morgan fingerprint density at radius 2 is 0.945 bits per heavy atom. The molecule has 0 amide bonds. The number of hydrogen-bond donors (Lipinski definition) is 3. The number of unbranched alkanes of at least 4 members (excludes halogenated alkanes) is 4. The van der Waals surface area contributed by atoms with Gasteiger partial charge in [-0.25, -0.2) is 0 Å². The van der Waals surface area contributed by atoms with Crippen molar-refractivity contribution >= 4 is 68.8 Å². The highest BCUT2D eigenvalue weighted by molar-refractivity contribution is 6.24. The number of aryl methyl sites for hydroxylation is 1. The summed E-state index contributed by atoms with van der Waals surface area (Å²) in [7, 11) is 4.27. The third-order valence-electron chi connectivity index (χ3n) is 16.6. The molecule has 488 valence electrons. The van der Waals surface area contributed by atoms with E-state index in [0.29, 0.717) is 124 Å². The first kappa shape index (κ1) is 75.2. The van der Waals surface area contributed by atoms with Gasteiger partial charge in [-0.3, -0.25) is 43.2 Å². The molecule has 16 nitrogen and oxygen atoms in total. The number of carbonyl (C=O) groups is 9. The summed E-state index contributed by atoms with van der Waals surface area (Å²) in [5.41, 5.74) is 20.6. The fourth-order valence-corrected chi connectivity index (χ4v) is 11.1. The molecule has 0 aromatic heterocycles. The summed E-state index contributed by atoms with van der Waals surface area (Å²) in [4.78, 5) is 125. The van der Waals surface area contributed by atoms with Crippen LogP contribution in [0.4, 0.5) is 0 Å². The highest BCUT2D eigenvalue weighted by atomic mass is 16.5. The van der Waals surface area contributed by atoms with Crippen LogP contribution in [0, 0.1) is 23.7 Å². The second-order valence-electron chi connectivity index (χ2n) is 23.3. The van der Waals surface area contributed by atoms with E-state index in [2.05, 4.69) is 39.8 Å². The number of nitrogens with two attached hydrogens (primary N) is 3. The molecule has 0 spiro atoms. The third kappa shape index (κ3) is 22.0. The SMILES string of the molecule is C=CC(CCCC)C(=O)CCc1ccc(OCC(C)=O)c(C(=O)CC(CCCCN)C(=O)C(=C)c2ccc(OC)c(C(=O)CCC(CCCCN)C(=O)C(=C)c3ccc(OC)c(C(=O)C(=C)CC(CCCCN)C(=O)C(=C)c4ccc(OC)c(C(C)=O)c4)c3)c2)c1. The molecule has 91 heavy (non-hydrogen) atoms. The topological polar surface area (TPSA) is 269 Å². The van der Waals surface area contributed by atoms with Gasteiger partial charge in [-0.2, -0.15) is 0 Å². The van der Waals surface area contributed by atoms with Gasteiger partial charge in [0.1, 0.15) is 35.4 Å². The van der Waals surface area contributed by atoms with Gasteiger partial charge in [0.05, 0.1) is 43.6 Å². The lowest BCUT2D eigenvalue weighted by molar-refractivity contribution is -0.122. The molecule has 0 fully saturated rings. The van der Waals surface area contributed by atoms with Crippen LogP contribution in [0.3, 0.4) is 0 Å². The lowest BCUT2D eigenvalue weighted by Gasteiger charge is -2.20. The van der Waals surface area contributed by atoms with Gasteiger partial charge in [-0.05, 0) is 174 Å². The van der Waals surface area contributed by atoms with Gasteiger partial charge >= 0.3 is 0 Å². The minimum Gasteiger partial charge on any atom is -0.496 e. The Bertz CT molecular complexity index is 3330. The van der Waals surface area contributed by atoms with Crippen molar-refractivity contribution in [3.8, 4) is 23.0 Å². The molecule has 16 heteroatoms. The standard InChI is InChI=1S/C75H95N3O13/c1-12-14-21-54(13-2)65(81)31-25-53-26-33-71(91-46-48(4)79)62(41-53)67(83)45-60(24-17-20-39-78)75(87)51(7)57-29-35-69(89-10)63(43-57)66(82)32-27-55(22-15-18-37-76)73(85)49(5)58-30-36-70(90-11)64(44-58)72(84)47(3)40-59(23-16-19-38-77)74(86)50(6)56-28-34-68(88-9)61(42-56)52(8)80/h13,26,28-30,33-36,41-44,54-55,59-60H,2-3,5-7,12,14-25,27,31-32,37-40,45-46,76-78H2,1,4,8-11H3. The molecule has 0 aliphatic carbocycles. The van der Waals surface area contributed by atoms with Crippen molar-refractivity contribution in [3.63, 3.8) is 0 Å². The molecule has 0 heterocycles. The zero-order valence-corrected chi connectivity index (χ0v) is 54.4. The van der Waals surface area contributed by atoms with Crippen LogP contribution in [0.1, 0.15) is 194 Å². The van der Waals surface area contributed by atoms with E-state index in [0.717, 1.165) is 12.8 Å². The largest absolute Gasteiger partial charge is 0.496 e. The minimum absolute atomic E-state index is 0.0309. The fourth-order valence-electron chi connectivity index (χ4n) is 11.1. The molecule has 4 aromatic carbocycles. The molecule has 0 aliphatic heterocycles. The molecule has 0 radical (unpaired) electrons. The first-order valence-electron chi connectivity index (χ1n) is 31.6. The quantitative estimate of drug-likeness (QED) is 0.0161. The summed E-state index contributed by atoms with van der Waals surface area (Å²) >= 11 is 0. The molecule has 6 N–H and O–H groups in total. The average molecular weight is 1250 g/mol. The van der Waals surface area contributed by atoms with E-state index in [1.165, 1.54) is 47.3 Å². The number of hydrogen-bond acceptors (Lipinski definition) is 16. The second-order valence-corrected chi connectivity index (χ2v) is 23.3. The molecular weight excluding hydrogens is 1150 g/mol. The van der Waals surface area contributed by atoms with Crippen LogP contribution in [0.5, 0.6) is 23.0 Å². The van der Waals surface area contributed by atoms with Gasteiger partial charge in [0.25, 0.3) is 0 Å². The molecular formula is C75H95N3O13. The van der Waals surface area contributed by atoms with E-state index in [4.69, 9.17) is 36.1 Å².